The predicted octanol–water partition coefficient (Wildman–Crippen LogP) is 4.31. The zero-order chi connectivity index (χ0) is 17.5. The molecule has 0 saturated carbocycles. The fourth-order valence-electron chi connectivity index (χ4n) is 2.08. The highest BCUT2D eigenvalue weighted by molar-refractivity contribution is 5.80. The summed E-state index contributed by atoms with van der Waals surface area (Å²) in [5, 5.41) is 0. The van der Waals surface area contributed by atoms with Crippen molar-refractivity contribution in [1.82, 2.24) is 4.90 Å². The number of hydrogen-bond donors (Lipinski definition) is 0. The Hall–Kier alpha value is -1.52. The van der Waals surface area contributed by atoms with E-state index in [0.29, 0.717) is 6.61 Å². The molecule has 0 spiro atoms. The Kier molecular flexibility index (Phi) is 13.2. The van der Waals surface area contributed by atoms with E-state index in [0.717, 1.165) is 12.8 Å². The zero-order valence-electron chi connectivity index (χ0n) is 15.0. The van der Waals surface area contributed by atoms with Crippen LogP contribution >= 0.6 is 0 Å². The normalized spacial score (nSPS) is 11.6. The number of carbonyl (C=O) groups excluding carboxylic acids is 2. The molecular formula is C18H33NO4. The zero-order valence-corrected chi connectivity index (χ0v) is 15.0. The lowest BCUT2D eigenvalue weighted by molar-refractivity contribution is -0.148. The van der Waals surface area contributed by atoms with Gasteiger partial charge in [-0.15, -0.1) is 0 Å². The van der Waals surface area contributed by atoms with Gasteiger partial charge in [-0.05, 0) is 13.3 Å². The molecule has 0 saturated heterocycles. The molecule has 0 bridgehead atoms. The van der Waals surface area contributed by atoms with Gasteiger partial charge >= 0.3 is 12.1 Å². The van der Waals surface area contributed by atoms with E-state index in [-0.39, 0.29) is 6.61 Å². The Morgan fingerprint density at radius 1 is 1.04 bits per heavy atom. The lowest BCUT2D eigenvalue weighted by Crippen LogP contribution is -2.41. The highest BCUT2D eigenvalue weighted by Crippen LogP contribution is 2.09. The van der Waals surface area contributed by atoms with E-state index in [1.807, 2.05) is 0 Å². The van der Waals surface area contributed by atoms with Gasteiger partial charge in [-0.1, -0.05) is 64.5 Å². The van der Waals surface area contributed by atoms with Crippen molar-refractivity contribution in [3.05, 3.63) is 12.7 Å². The van der Waals surface area contributed by atoms with Crippen LogP contribution in [0.2, 0.25) is 0 Å². The molecule has 1 amide bonds. The molecule has 1 atom stereocenters. The largest absolute Gasteiger partial charge is 0.464 e. The van der Waals surface area contributed by atoms with Crippen LogP contribution in [0.3, 0.4) is 0 Å². The maximum atomic E-state index is 11.9. The molecule has 134 valence electrons. The molecule has 0 radical (unpaired) electrons. The minimum Gasteiger partial charge on any atom is -0.464 e. The third kappa shape index (κ3) is 10.8. The molecule has 0 aliphatic rings. The Morgan fingerprint density at radius 3 is 2.17 bits per heavy atom. The summed E-state index contributed by atoms with van der Waals surface area (Å²) < 4.78 is 10.1. The van der Waals surface area contributed by atoms with Crippen LogP contribution in [0.1, 0.15) is 65.2 Å². The quantitative estimate of drug-likeness (QED) is 0.287. The van der Waals surface area contributed by atoms with Crippen molar-refractivity contribution >= 4 is 12.1 Å². The lowest BCUT2D eigenvalue weighted by atomic mass is 10.1. The summed E-state index contributed by atoms with van der Waals surface area (Å²) in [5.74, 6) is -0.397. The summed E-state index contributed by atoms with van der Waals surface area (Å²) in [5.41, 5.74) is 0. The second-order valence-corrected chi connectivity index (χ2v) is 5.79. The van der Waals surface area contributed by atoms with Crippen molar-refractivity contribution in [2.75, 3.05) is 20.3 Å². The van der Waals surface area contributed by atoms with Crippen molar-refractivity contribution in [2.24, 2.45) is 0 Å². The number of amides is 1. The van der Waals surface area contributed by atoms with E-state index >= 15 is 0 Å². The monoisotopic (exact) mass is 327 g/mol. The summed E-state index contributed by atoms with van der Waals surface area (Å²) in [4.78, 5) is 24.7. The SMILES string of the molecule is C=CCOC(=O)N(C)C(C)C(=O)OCCCCCCCCCC. The van der Waals surface area contributed by atoms with E-state index in [2.05, 4.69) is 13.5 Å². The minimum absolute atomic E-state index is 0.128. The van der Waals surface area contributed by atoms with Gasteiger partial charge in [-0.2, -0.15) is 0 Å². The van der Waals surface area contributed by atoms with Gasteiger partial charge in [-0.25, -0.2) is 9.59 Å². The smallest absolute Gasteiger partial charge is 0.410 e. The first-order chi connectivity index (χ1) is 11.0. The van der Waals surface area contributed by atoms with Gasteiger partial charge < -0.3 is 9.47 Å². The molecule has 5 heteroatoms. The summed E-state index contributed by atoms with van der Waals surface area (Å²) >= 11 is 0. The molecule has 0 N–H and O–H groups in total. The summed E-state index contributed by atoms with van der Waals surface area (Å²) in [6, 6.07) is -0.652. The number of unbranched alkanes of at least 4 members (excludes halogenated alkanes) is 7. The van der Waals surface area contributed by atoms with Crippen molar-refractivity contribution < 1.29 is 19.1 Å². The van der Waals surface area contributed by atoms with Crippen molar-refractivity contribution in [2.45, 2.75) is 71.3 Å². The number of nitrogens with zero attached hydrogens (tertiary/aromatic N) is 1. The standard InChI is InChI=1S/C18H33NO4/c1-5-7-8-9-10-11-12-13-15-22-17(20)16(3)19(4)18(21)23-14-6-2/h6,16H,2,5,7-15H2,1,3-4H3. The van der Waals surface area contributed by atoms with Crippen molar-refractivity contribution in [3.63, 3.8) is 0 Å². The molecule has 5 nitrogen and oxygen atoms in total. The van der Waals surface area contributed by atoms with Gasteiger partial charge in [0.25, 0.3) is 0 Å². The molecular weight excluding hydrogens is 294 g/mol. The van der Waals surface area contributed by atoms with E-state index in [4.69, 9.17) is 9.47 Å². The minimum atomic E-state index is -0.652. The first kappa shape index (κ1) is 21.5. The number of rotatable bonds is 13. The Morgan fingerprint density at radius 2 is 1.61 bits per heavy atom. The lowest BCUT2D eigenvalue weighted by Gasteiger charge is -2.22. The number of ether oxygens (including phenoxy) is 2. The fraction of sp³-hybridized carbons (Fsp3) is 0.778. The van der Waals surface area contributed by atoms with E-state index in [1.165, 1.54) is 56.5 Å². The maximum absolute atomic E-state index is 11.9. The van der Waals surface area contributed by atoms with Crippen LogP contribution in [0.15, 0.2) is 12.7 Å². The fourth-order valence-corrected chi connectivity index (χ4v) is 2.08. The topological polar surface area (TPSA) is 55.8 Å². The summed E-state index contributed by atoms with van der Waals surface area (Å²) in [6.45, 7) is 7.85. The molecule has 0 aromatic rings. The number of carbonyl (C=O) groups is 2. The van der Waals surface area contributed by atoms with E-state index in [1.54, 1.807) is 6.92 Å². The van der Waals surface area contributed by atoms with Gasteiger partial charge in [0.15, 0.2) is 0 Å². The maximum Gasteiger partial charge on any atom is 0.410 e. The molecule has 0 aromatic heterocycles. The molecule has 0 rings (SSSR count). The van der Waals surface area contributed by atoms with Crippen LogP contribution in [0.4, 0.5) is 4.79 Å². The molecule has 0 fully saturated rings. The number of likely N-dealkylation sites (N-methyl/N-ethyl adjacent to an activating group) is 1. The highest BCUT2D eigenvalue weighted by Gasteiger charge is 2.24. The molecule has 1 unspecified atom stereocenters. The third-order valence-electron chi connectivity index (χ3n) is 3.78. The second kappa shape index (κ2) is 14.1. The van der Waals surface area contributed by atoms with Gasteiger partial charge in [0.2, 0.25) is 0 Å². The van der Waals surface area contributed by atoms with Gasteiger partial charge in [-0.3, -0.25) is 4.90 Å². The van der Waals surface area contributed by atoms with Crippen molar-refractivity contribution in [3.8, 4) is 0 Å². The second-order valence-electron chi connectivity index (χ2n) is 5.79. The van der Waals surface area contributed by atoms with Crippen LogP contribution in [0, 0.1) is 0 Å². The summed E-state index contributed by atoms with van der Waals surface area (Å²) in [7, 11) is 1.52. The number of hydrogen-bond acceptors (Lipinski definition) is 4. The Bertz CT molecular complexity index is 344. The van der Waals surface area contributed by atoms with E-state index in [9.17, 15) is 9.59 Å². The Labute approximate surface area is 141 Å². The predicted molar refractivity (Wildman–Crippen MR) is 92.3 cm³/mol. The van der Waals surface area contributed by atoms with E-state index < -0.39 is 18.1 Å². The molecule has 0 aliphatic heterocycles. The van der Waals surface area contributed by atoms with Crippen LogP contribution in [-0.2, 0) is 14.3 Å². The first-order valence-corrected chi connectivity index (χ1v) is 8.71. The molecule has 0 heterocycles. The van der Waals surface area contributed by atoms with Crippen LogP contribution in [-0.4, -0.2) is 43.3 Å². The number of esters is 1. The van der Waals surface area contributed by atoms with Crippen LogP contribution in [0.25, 0.3) is 0 Å². The van der Waals surface area contributed by atoms with Crippen LogP contribution in [0.5, 0.6) is 0 Å². The summed E-state index contributed by atoms with van der Waals surface area (Å²) in [6.07, 6.45) is 10.5. The molecule has 23 heavy (non-hydrogen) atoms. The third-order valence-corrected chi connectivity index (χ3v) is 3.78. The molecule has 0 aromatic carbocycles. The Balaban J connectivity index is 3.71. The van der Waals surface area contributed by atoms with Gasteiger partial charge in [0, 0.05) is 7.05 Å². The van der Waals surface area contributed by atoms with Crippen LogP contribution < -0.4 is 0 Å². The van der Waals surface area contributed by atoms with Crippen molar-refractivity contribution in [1.29, 1.82) is 0 Å². The average Bonchev–Trinajstić information content (AvgIpc) is 2.56. The average molecular weight is 327 g/mol. The van der Waals surface area contributed by atoms with Gasteiger partial charge in [0.1, 0.15) is 12.6 Å². The first-order valence-electron chi connectivity index (χ1n) is 8.71. The van der Waals surface area contributed by atoms with Gasteiger partial charge in [0.05, 0.1) is 6.61 Å². The molecule has 0 aliphatic carbocycles. The highest BCUT2D eigenvalue weighted by atomic mass is 16.6.